The Morgan fingerprint density at radius 1 is 1.33 bits per heavy atom. The molecule has 1 aromatic carbocycles. The predicted octanol–water partition coefficient (Wildman–Crippen LogP) is 0.789. The summed E-state index contributed by atoms with van der Waals surface area (Å²) in [5.41, 5.74) is 4.11. The molecule has 9 nitrogen and oxygen atoms in total. The number of nitro groups is 2. The summed E-state index contributed by atoms with van der Waals surface area (Å²) < 4.78 is 0. The number of carbonyl (C=O) groups excluding carboxylic acids is 1. The molecule has 0 fully saturated rings. The Morgan fingerprint density at radius 3 is 2.39 bits per heavy atom. The minimum absolute atomic E-state index is 0.00287. The number of nitrogens with zero attached hydrogens (tertiary/aromatic N) is 2. The van der Waals surface area contributed by atoms with E-state index in [1.807, 2.05) is 0 Å². The lowest BCUT2D eigenvalue weighted by Crippen LogP contribution is -2.32. The van der Waals surface area contributed by atoms with Crippen LogP contribution in [0, 0.1) is 20.2 Å². The molecule has 0 unspecified atom stereocenters. The normalized spacial score (nSPS) is 11.6. The first kappa shape index (κ1) is 13.4. The van der Waals surface area contributed by atoms with Crippen molar-refractivity contribution in [3.63, 3.8) is 0 Å². The number of amides is 1. The van der Waals surface area contributed by atoms with Gasteiger partial charge in [0.15, 0.2) is 0 Å². The van der Waals surface area contributed by atoms with Crippen molar-refractivity contribution in [1.82, 2.24) is 0 Å². The highest BCUT2D eigenvalue weighted by Crippen LogP contribution is 2.29. The molecule has 1 rings (SSSR count). The number of nitro benzene ring substituents is 2. The molecule has 1 atom stereocenters. The molecular weight excluding hydrogens is 244 g/mol. The van der Waals surface area contributed by atoms with E-state index < -0.39 is 33.2 Å². The SMILES string of the molecule is C[C@H](Nc1ccc([N+](=O)[O-])cc1[N+](=O)[O-])C(N)=O. The zero-order valence-corrected chi connectivity index (χ0v) is 9.32. The predicted molar refractivity (Wildman–Crippen MR) is 62.0 cm³/mol. The highest BCUT2D eigenvalue weighted by Gasteiger charge is 2.21. The topological polar surface area (TPSA) is 141 Å². The van der Waals surface area contributed by atoms with Crippen molar-refractivity contribution in [1.29, 1.82) is 0 Å². The van der Waals surface area contributed by atoms with Gasteiger partial charge in [0.1, 0.15) is 11.7 Å². The summed E-state index contributed by atoms with van der Waals surface area (Å²) in [5, 5.41) is 23.8. The van der Waals surface area contributed by atoms with E-state index in [1.165, 1.54) is 6.92 Å². The fourth-order valence-corrected chi connectivity index (χ4v) is 1.21. The molecule has 0 bridgehead atoms. The maximum absolute atomic E-state index is 10.8. The summed E-state index contributed by atoms with van der Waals surface area (Å²) in [6.07, 6.45) is 0. The summed E-state index contributed by atoms with van der Waals surface area (Å²) in [6, 6.07) is 2.25. The lowest BCUT2D eigenvalue weighted by Gasteiger charge is -2.11. The lowest BCUT2D eigenvalue weighted by molar-refractivity contribution is -0.393. The number of anilines is 1. The van der Waals surface area contributed by atoms with Crippen LogP contribution in [-0.2, 0) is 4.79 Å². The van der Waals surface area contributed by atoms with Crippen LogP contribution in [0.25, 0.3) is 0 Å². The van der Waals surface area contributed by atoms with Gasteiger partial charge in [0, 0.05) is 6.07 Å². The molecule has 0 aromatic heterocycles. The fraction of sp³-hybridized carbons (Fsp3) is 0.222. The van der Waals surface area contributed by atoms with Crippen molar-refractivity contribution < 1.29 is 14.6 Å². The standard InChI is InChI=1S/C9H10N4O5/c1-5(9(10)14)11-7-3-2-6(12(15)16)4-8(7)13(17)18/h2-5,11H,1H3,(H2,10,14)/t5-/m0/s1. The Morgan fingerprint density at radius 2 is 1.94 bits per heavy atom. The van der Waals surface area contributed by atoms with Crippen LogP contribution in [0.1, 0.15) is 6.92 Å². The third kappa shape index (κ3) is 2.90. The summed E-state index contributed by atoms with van der Waals surface area (Å²) in [7, 11) is 0. The van der Waals surface area contributed by atoms with Gasteiger partial charge in [0.05, 0.1) is 15.9 Å². The van der Waals surface area contributed by atoms with E-state index in [0.29, 0.717) is 0 Å². The van der Waals surface area contributed by atoms with Crippen molar-refractivity contribution >= 4 is 23.0 Å². The van der Waals surface area contributed by atoms with E-state index in [-0.39, 0.29) is 5.69 Å². The molecule has 0 spiro atoms. The number of benzene rings is 1. The first-order chi connectivity index (χ1) is 8.32. The van der Waals surface area contributed by atoms with Crippen molar-refractivity contribution in [2.75, 3.05) is 5.32 Å². The second-order valence-corrected chi connectivity index (χ2v) is 3.48. The van der Waals surface area contributed by atoms with Gasteiger partial charge in [-0.1, -0.05) is 0 Å². The minimum Gasteiger partial charge on any atom is -0.368 e. The molecule has 0 saturated heterocycles. The molecule has 0 aliphatic carbocycles. The van der Waals surface area contributed by atoms with Crippen molar-refractivity contribution in [2.45, 2.75) is 13.0 Å². The van der Waals surface area contributed by atoms with Crippen LogP contribution >= 0.6 is 0 Å². The Bertz CT molecular complexity index is 516. The van der Waals surface area contributed by atoms with Gasteiger partial charge in [-0.05, 0) is 13.0 Å². The molecule has 1 amide bonds. The van der Waals surface area contributed by atoms with Gasteiger partial charge in [-0.2, -0.15) is 0 Å². The third-order valence-electron chi connectivity index (χ3n) is 2.19. The number of hydrogen-bond acceptors (Lipinski definition) is 6. The number of nitrogens with one attached hydrogen (secondary N) is 1. The smallest absolute Gasteiger partial charge is 0.299 e. The van der Waals surface area contributed by atoms with E-state index in [9.17, 15) is 25.0 Å². The fourth-order valence-electron chi connectivity index (χ4n) is 1.21. The van der Waals surface area contributed by atoms with Gasteiger partial charge in [-0.3, -0.25) is 25.0 Å². The zero-order chi connectivity index (χ0) is 13.9. The number of non-ortho nitro benzene ring substituents is 1. The molecular formula is C9H10N4O5. The van der Waals surface area contributed by atoms with Crippen LogP contribution in [-0.4, -0.2) is 21.8 Å². The van der Waals surface area contributed by atoms with Gasteiger partial charge < -0.3 is 11.1 Å². The van der Waals surface area contributed by atoms with Crippen LogP contribution in [0.5, 0.6) is 0 Å². The summed E-state index contributed by atoms with van der Waals surface area (Å²) in [4.78, 5) is 30.6. The largest absolute Gasteiger partial charge is 0.368 e. The number of hydrogen-bond donors (Lipinski definition) is 2. The molecule has 0 aliphatic heterocycles. The van der Waals surface area contributed by atoms with Crippen molar-refractivity contribution in [3.8, 4) is 0 Å². The molecule has 0 radical (unpaired) electrons. The van der Waals surface area contributed by atoms with Gasteiger partial charge in [-0.15, -0.1) is 0 Å². The van der Waals surface area contributed by atoms with Crippen LogP contribution < -0.4 is 11.1 Å². The first-order valence-electron chi connectivity index (χ1n) is 4.81. The van der Waals surface area contributed by atoms with Gasteiger partial charge in [0.25, 0.3) is 11.4 Å². The zero-order valence-electron chi connectivity index (χ0n) is 9.32. The van der Waals surface area contributed by atoms with Crippen LogP contribution in [0.15, 0.2) is 18.2 Å². The van der Waals surface area contributed by atoms with E-state index in [2.05, 4.69) is 5.32 Å². The summed E-state index contributed by atoms with van der Waals surface area (Å²) in [5.74, 6) is -0.692. The maximum Gasteiger partial charge on any atom is 0.299 e. The second kappa shape index (κ2) is 5.08. The number of rotatable bonds is 5. The van der Waals surface area contributed by atoms with Gasteiger partial charge in [0.2, 0.25) is 5.91 Å². The first-order valence-corrected chi connectivity index (χ1v) is 4.81. The molecule has 18 heavy (non-hydrogen) atoms. The summed E-state index contributed by atoms with van der Waals surface area (Å²) >= 11 is 0. The minimum atomic E-state index is -0.829. The Balaban J connectivity index is 3.16. The monoisotopic (exact) mass is 254 g/mol. The van der Waals surface area contributed by atoms with E-state index >= 15 is 0 Å². The average Bonchev–Trinajstić information content (AvgIpc) is 2.28. The lowest BCUT2D eigenvalue weighted by atomic mass is 10.2. The molecule has 0 aliphatic rings. The van der Waals surface area contributed by atoms with Crippen molar-refractivity contribution in [2.24, 2.45) is 5.73 Å². The Labute approximate surface area is 101 Å². The molecule has 0 heterocycles. The average molecular weight is 254 g/mol. The number of primary amides is 1. The number of carbonyl (C=O) groups is 1. The second-order valence-electron chi connectivity index (χ2n) is 3.48. The van der Waals surface area contributed by atoms with Gasteiger partial charge in [-0.25, -0.2) is 0 Å². The Kier molecular flexibility index (Phi) is 3.77. The van der Waals surface area contributed by atoms with E-state index in [1.54, 1.807) is 0 Å². The van der Waals surface area contributed by atoms with Crippen LogP contribution in [0.2, 0.25) is 0 Å². The van der Waals surface area contributed by atoms with Crippen LogP contribution in [0.3, 0.4) is 0 Å². The molecule has 1 aromatic rings. The van der Waals surface area contributed by atoms with Crippen molar-refractivity contribution in [3.05, 3.63) is 38.4 Å². The Hall–Kier alpha value is -2.71. The van der Waals surface area contributed by atoms with Gasteiger partial charge >= 0.3 is 0 Å². The molecule has 3 N–H and O–H groups in total. The number of nitrogens with two attached hydrogens (primary N) is 1. The maximum atomic E-state index is 10.8. The quantitative estimate of drug-likeness (QED) is 0.587. The third-order valence-corrected chi connectivity index (χ3v) is 2.19. The van der Waals surface area contributed by atoms with Crippen LogP contribution in [0.4, 0.5) is 17.1 Å². The highest BCUT2D eigenvalue weighted by molar-refractivity contribution is 5.83. The molecule has 0 saturated carbocycles. The molecule has 9 heteroatoms. The molecule has 96 valence electrons. The summed E-state index contributed by atoms with van der Waals surface area (Å²) in [6.45, 7) is 1.42. The van der Waals surface area contributed by atoms with E-state index in [4.69, 9.17) is 5.73 Å². The highest BCUT2D eigenvalue weighted by atomic mass is 16.6. The van der Waals surface area contributed by atoms with E-state index in [0.717, 1.165) is 18.2 Å².